The van der Waals surface area contributed by atoms with Crippen LogP contribution >= 0.6 is 24.0 Å². The predicted molar refractivity (Wildman–Crippen MR) is 102 cm³/mol. The average molecular weight is 434 g/mol. The number of hydrogen-bond acceptors (Lipinski definition) is 3. The van der Waals surface area contributed by atoms with E-state index in [-0.39, 0.29) is 36.4 Å². The van der Waals surface area contributed by atoms with Crippen LogP contribution in [0, 0.1) is 0 Å². The highest BCUT2D eigenvalue weighted by Gasteiger charge is 2.21. The summed E-state index contributed by atoms with van der Waals surface area (Å²) in [5.41, 5.74) is 0. The van der Waals surface area contributed by atoms with Crippen LogP contribution in [0.25, 0.3) is 0 Å². The van der Waals surface area contributed by atoms with Crippen molar-refractivity contribution in [2.45, 2.75) is 44.7 Å². The van der Waals surface area contributed by atoms with Crippen LogP contribution in [-0.4, -0.2) is 43.4 Å². The van der Waals surface area contributed by atoms with Crippen LogP contribution < -0.4 is 10.6 Å². The van der Waals surface area contributed by atoms with E-state index >= 15 is 0 Å². The number of nitrogens with one attached hydrogen (secondary N) is 2. The van der Waals surface area contributed by atoms with Crippen LogP contribution in [0.15, 0.2) is 27.8 Å². The van der Waals surface area contributed by atoms with E-state index in [0.717, 1.165) is 18.6 Å². The van der Waals surface area contributed by atoms with E-state index in [1.165, 1.54) is 19.3 Å². The summed E-state index contributed by atoms with van der Waals surface area (Å²) < 4.78 is 5.25. The zero-order chi connectivity index (χ0) is 15.8. The summed E-state index contributed by atoms with van der Waals surface area (Å²) in [6.07, 6.45) is 7.61. The van der Waals surface area contributed by atoms with Gasteiger partial charge in [-0.3, -0.25) is 9.79 Å². The van der Waals surface area contributed by atoms with E-state index in [1.54, 1.807) is 13.3 Å². The lowest BCUT2D eigenvalue weighted by Crippen LogP contribution is -2.46. The Hall–Kier alpha value is -1.25. The Morgan fingerprint density at radius 1 is 1.35 bits per heavy atom. The molecular formula is C16H27IN4O2. The van der Waals surface area contributed by atoms with Gasteiger partial charge in [-0.05, 0) is 25.0 Å². The second-order valence-corrected chi connectivity index (χ2v) is 5.66. The lowest BCUT2D eigenvalue weighted by Gasteiger charge is -2.31. The van der Waals surface area contributed by atoms with Crippen molar-refractivity contribution >= 4 is 35.8 Å². The molecule has 1 amide bonds. The third kappa shape index (κ3) is 6.40. The number of aliphatic imine (C=N–C) groups is 1. The first-order valence-electron chi connectivity index (χ1n) is 7.93. The standard InChI is InChI=1S/C16H26N4O2.HI/c1-17-16(18-11-14-9-6-10-22-14)19-12-15(21)20(2)13-7-4-3-5-8-13;/h6,9-10,13H,3-5,7-8,11-12H2,1-2H3,(H2,17,18,19);1H. The molecule has 130 valence electrons. The molecule has 1 heterocycles. The second-order valence-electron chi connectivity index (χ2n) is 5.66. The molecule has 0 aromatic carbocycles. The molecule has 6 nitrogen and oxygen atoms in total. The van der Waals surface area contributed by atoms with Gasteiger partial charge in [0.05, 0.1) is 19.4 Å². The third-order valence-corrected chi connectivity index (χ3v) is 4.16. The number of hydrogen-bond donors (Lipinski definition) is 2. The van der Waals surface area contributed by atoms with E-state index in [1.807, 2.05) is 24.1 Å². The van der Waals surface area contributed by atoms with Crippen molar-refractivity contribution in [1.29, 1.82) is 0 Å². The van der Waals surface area contributed by atoms with E-state index in [9.17, 15) is 4.79 Å². The van der Waals surface area contributed by atoms with Crippen molar-refractivity contribution in [3.8, 4) is 0 Å². The molecule has 2 rings (SSSR count). The highest BCUT2D eigenvalue weighted by Crippen LogP contribution is 2.21. The van der Waals surface area contributed by atoms with Crippen LogP contribution in [0.2, 0.25) is 0 Å². The SMILES string of the molecule is CN=C(NCC(=O)N(C)C1CCCCC1)NCc1ccco1.I. The molecule has 1 aromatic heterocycles. The smallest absolute Gasteiger partial charge is 0.241 e. The van der Waals surface area contributed by atoms with Crippen molar-refractivity contribution in [2.75, 3.05) is 20.6 Å². The number of halogens is 1. The second kappa shape index (κ2) is 10.5. The maximum atomic E-state index is 12.3. The molecule has 1 saturated carbocycles. The first-order valence-corrected chi connectivity index (χ1v) is 7.93. The number of likely N-dealkylation sites (N-methyl/N-ethyl adjacent to an activating group) is 1. The molecule has 1 aromatic rings. The topological polar surface area (TPSA) is 69.9 Å². The molecule has 23 heavy (non-hydrogen) atoms. The van der Waals surface area contributed by atoms with Gasteiger partial charge in [0.15, 0.2) is 5.96 Å². The highest BCUT2D eigenvalue weighted by molar-refractivity contribution is 14.0. The highest BCUT2D eigenvalue weighted by atomic mass is 127. The summed E-state index contributed by atoms with van der Waals surface area (Å²) in [6.45, 7) is 0.796. The maximum absolute atomic E-state index is 12.3. The van der Waals surface area contributed by atoms with Crippen LogP contribution in [-0.2, 0) is 11.3 Å². The first-order chi connectivity index (χ1) is 10.7. The number of carbonyl (C=O) groups is 1. The zero-order valence-corrected chi connectivity index (χ0v) is 16.2. The zero-order valence-electron chi connectivity index (χ0n) is 13.9. The minimum Gasteiger partial charge on any atom is -0.467 e. The third-order valence-electron chi connectivity index (χ3n) is 4.16. The van der Waals surface area contributed by atoms with Gasteiger partial charge in [0.25, 0.3) is 0 Å². The van der Waals surface area contributed by atoms with Crippen LogP contribution in [0.3, 0.4) is 0 Å². The fourth-order valence-corrected chi connectivity index (χ4v) is 2.76. The molecule has 0 saturated heterocycles. The number of amides is 1. The fraction of sp³-hybridized carbons (Fsp3) is 0.625. The molecule has 0 radical (unpaired) electrons. The normalized spacial score (nSPS) is 15.7. The van der Waals surface area contributed by atoms with Gasteiger partial charge in [-0.1, -0.05) is 19.3 Å². The molecule has 0 atom stereocenters. The molecule has 1 fully saturated rings. The van der Waals surface area contributed by atoms with Crippen LogP contribution in [0.5, 0.6) is 0 Å². The number of guanidine groups is 1. The van der Waals surface area contributed by atoms with Crippen molar-refractivity contribution in [1.82, 2.24) is 15.5 Å². The van der Waals surface area contributed by atoms with Crippen LogP contribution in [0.4, 0.5) is 0 Å². The number of carbonyl (C=O) groups excluding carboxylic acids is 1. The molecule has 0 spiro atoms. The molecular weight excluding hydrogens is 407 g/mol. The summed E-state index contributed by atoms with van der Waals surface area (Å²) in [4.78, 5) is 18.3. The molecule has 7 heteroatoms. The van der Waals surface area contributed by atoms with Crippen molar-refractivity contribution in [2.24, 2.45) is 4.99 Å². The Labute approximate surface area is 155 Å². The van der Waals surface area contributed by atoms with Crippen LogP contribution in [0.1, 0.15) is 37.9 Å². The van der Waals surface area contributed by atoms with Crippen molar-refractivity contribution in [3.63, 3.8) is 0 Å². The summed E-state index contributed by atoms with van der Waals surface area (Å²) >= 11 is 0. The first kappa shape index (κ1) is 19.8. The Morgan fingerprint density at radius 3 is 2.70 bits per heavy atom. The minimum atomic E-state index is 0. The summed E-state index contributed by atoms with van der Waals surface area (Å²) in [7, 11) is 3.59. The fourth-order valence-electron chi connectivity index (χ4n) is 2.76. The maximum Gasteiger partial charge on any atom is 0.241 e. The monoisotopic (exact) mass is 434 g/mol. The van der Waals surface area contributed by atoms with Gasteiger partial charge >= 0.3 is 0 Å². The van der Waals surface area contributed by atoms with E-state index < -0.39 is 0 Å². The van der Waals surface area contributed by atoms with Gasteiger partial charge in [0.2, 0.25) is 5.91 Å². The predicted octanol–water partition coefficient (Wildman–Crippen LogP) is 2.35. The Kier molecular flexibility index (Phi) is 9.05. The van der Waals surface area contributed by atoms with Crippen molar-refractivity contribution < 1.29 is 9.21 Å². The number of rotatable bonds is 5. The summed E-state index contributed by atoms with van der Waals surface area (Å²) in [5, 5.41) is 6.18. The molecule has 0 aliphatic heterocycles. The molecule has 0 bridgehead atoms. The lowest BCUT2D eigenvalue weighted by atomic mass is 9.94. The van der Waals surface area contributed by atoms with Crippen molar-refractivity contribution in [3.05, 3.63) is 24.2 Å². The Bertz CT molecular complexity index is 484. The van der Waals surface area contributed by atoms with Gasteiger partial charge in [-0.2, -0.15) is 0 Å². The largest absolute Gasteiger partial charge is 0.467 e. The molecule has 2 N–H and O–H groups in total. The van der Waals surface area contributed by atoms with Gasteiger partial charge in [0.1, 0.15) is 5.76 Å². The number of furan rings is 1. The Morgan fingerprint density at radius 2 is 2.09 bits per heavy atom. The van der Waals surface area contributed by atoms with Gasteiger partial charge in [0, 0.05) is 20.1 Å². The molecule has 1 aliphatic carbocycles. The summed E-state index contributed by atoms with van der Waals surface area (Å²) in [6, 6.07) is 4.12. The van der Waals surface area contributed by atoms with E-state index in [4.69, 9.17) is 4.42 Å². The van der Waals surface area contributed by atoms with E-state index in [2.05, 4.69) is 15.6 Å². The number of nitrogens with zero attached hydrogens (tertiary/aromatic N) is 2. The van der Waals surface area contributed by atoms with Gasteiger partial charge < -0.3 is 20.0 Å². The summed E-state index contributed by atoms with van der Waals surface area (Å²) in [5.74, 6) is 1.53. The quantitative estimate of drug-likeness (QED) is 0.424. The van der Waals surface area contributed by atoms with E-state index in [0.29, 0.717) is 18.5 Å². The van der Waals surface area contributed by atoms with Gasteiger partial charge in [-0.15, -0.1) is 24.0 Å². The average Bonchev–Trinajstić information content (AvgIpc) is 3.08. The Balaban J connectivity index is 0.00000264. The van der Waals surface area contributed by atoms with Gasteiger partial charge in [-0.25, -0.2) is 0 Å². The molecule has 0 unspecified atom stereocenters. The lowest BCUT2D eigenvalue weighted by molar-refractivity contribution is -0.131. The minimum absolute atomic E-state index is 0. The molecule has 1 aliphatic rings.